The Morgan fingerprint density at radius 2 is 0.561 bits per heavy atom. The molecule has 0 N–H and O–H groups in total. The molecule has 6 heteroatoms. The van der Waals surface area contributed by atoms with Crippen LogP contribution in [0.1, 0.15) is 207 Å². The van der Waals surface area contributed by atoms with Crippen molar-refractivity contribution in [3.05, 3.63) is 134 Å². The fraction of sp³-hybridized carbons (Fsp3) is 0.583. The van der Waals surface area contributed by atoms with Gasteiger partial charge in [-0.25, -0.2) is 0 Å². The maximum absolute atomic E-state index is 12.8. The molecule has 0 aromatic heterocycles. The van der Waals surface area contributed by atoms with Gasteiger partial charge >= 0.3 is 17.9 Å². The fourth-order valence-corrected chi connectivity index (χ4v) is 6.56. The van der Waals surface area contributed by atoms with E-state index in [9.17, 15) is 14.4 Å². The lowest BCUT2D eigenvalue weighted by Gasteiger charge is -2.18. The Kier molecular flexibility index (Phi) is 49.6. The van der Waals surface area contributed by atoms with Crippen LogP contribution in [0.5, 0.6) is 0 Å². The number of hydrogen-bond acceptors (Lipinski definition) is 6. The number of unbranched alkanes of at least 4 members (excludes halogenated alkanes) is 12. The summed E-state index contributed by atoms with van der Waals surface area (Å²) < 4.78 is 16.7. The van der Waals surface area contributed by atoms with Crippen molar-refractivity contribution in [1.29, 1.82) is 0 Å². The molecule has 0 saturated heterocycles. The van der Waals surface area contributed by atoms with Crippen LogP contribution in [0.25, 0.3) is 0 Å². The second-order valence-corrected chi connectivity index (χ2v) is 16.6. The number of ether oxygens (including phenoxy) is 3. The van der Waals surface area contributed by atoms with Crippen LogP contribution in [0.2, 0.25) is 0 Å². The standard InChI is InChI=1S/C60H94O6/c1-4-7-10-13-16-19-22-25-27-29-30-32-33-35-38-41-44-47-50-53-59(62)65-56-57(55-64-58(61)52-49-46-43-40-37-24-21-18-15-12-9-6-3)66-60(63)54-51-48-45-42-39-36-34-31-28-26-23-20-17-14-11-8-5-2/h7-12,16-21,25-28,30,32,34,36,42,45,57H,4-6,13-15,22-24,29,31,33,35,37-41,43-44,46-56H2,1-3H3/b10-7-,11-8-,12-9-,19-16-,20-17-,21-18-,27-25-,28-26-,32-30-,36-34-,45-42-. The largest absolute Gasteiger partial charge is 0.462 e. The zero-order chi connectivity index (χ0) is 47.9. The molecule has 6 nitrogen and oxygen atoms in total. The summed E-state index contributed by atoms with van der Waals surface area (Å²) in [4.78, 5) is 38.0. The molecule has 0 fully saturated rings. The summed E-state index contributed by atoms with van der Waals surface area (Å²) in [6.07, 6.45) is 74.4. The van der Waals surface area contributed by atoms with E-state index in [1.807, 2.05) is 0 Å². The molecular weight excluding hydrogens is 817 g/mol. The SMILES string of the molecule is CC/C=C\C/C=C\C/C=C\C/C=C\C/C=C\CCCC(=O)OC(COC(=O)CCCCCCC/C=C\C/C=C\CC)COC(=O)CCCCCCCC/C=C\C/C=C\C/C=C\C/C=C\CC. The minimum Gasteiger partial charge on any atom is -0.462 e. The minimum absolute atomic E-state index is 0.118. The monoisotopic (exact) mass is 911 g/mol. The molecular formula is C60H94O6. The highest BCUT2D eigenvalue weighted by molar-refractivity contribution is 5.71. The summed E-state index contributed by atoms with van der Waals surface area (Å²) in [5.41, 5.74) is 0. The van der Waals surface area contributed by atoms with Crippen molar-refractivity contribution in [2.45, 2.75) is 213 Å². The summed E-state index contributed by atoms with van der Waals surface area (Å²) in [5, 5.41) is 0. The number of allylic oxidation sites excluding steroid dienone is 22. The molecule has 370 valence electrons. The Hall–Kier alpha value is -4.45. The van der Waals surface area contributed by atoms with Crippen molar-refractivity contribution in [1.82, 2.24) is 0 Å². The van der Waals surface area contributed by atoms with Crippen LogP contribution >= 0.6 is 0 Å². The van der Waals surface area contributed by atoms with Gasteiger partial charge in [0.05, 0.1) is 0 Å². The van der Waals surface area contributed by atoms with E-state index in [2.05, 4.69) is 154 Å². The van der Waals surface area contributed by atoms with Crippen LogP contribution in [0, 0.1) is 0 Å². The van der Waals surface area contributed by atoms with Gasteiger partial charge in [0.2, 0.25) is 0 Å². The fourth-order valence-electron chi connectivity index (χ4n) is 6.56. The third-order valence-electron chi connectivity index (χ3n) is 10.4. The maximum atomic E-state index is 12.8. The van der Waals surface area contributed by atoms with Gasteiger partial charge in [-0.05, 0) is 122 Å². The summed E-state index contributed by atoms with van der Waals surface area (Å²) in [5.74, 6) is -1.01. The smallest absolute Gasteiger partial charge is 0.306 e. The van der Waals surface area contributed by atoms with Crippen molar-refractivity contribution in [2.24, 2.45) is 0 Å². The first-order valence-electron chi connectivity index (χ1n) is 26.2. The molecule has 0 spiro atoms. The molecule has 1 atom stereocenters. The second kappa shape index (κ2) is 53.2. The van der Waals surface area contributed by atoms with Crippen LogP contribution in [0.15, 0.2) is 134 Å². The predicted octanol–water partition coefficient (Wildman–Crippen LogP) is 17.5. The quantitative estimate of drug-likeness (QED) is 0.0262. The van der Waals surface area contributed by atoms with Gasteiger partial charge in [-0.1, -0.05) is 199 Å². The van der Waals surface area contributed by atoms with E-state index in [-0.39, 0.29) is 37.5 Å². The molecule has 0 aromatic carbocycles. The third-order valence-corrected chi connectivity index (χ3v) is 10.4. The highest BCUT2D eigenvalue weighted by Gasteiger charge is 2.19. The topological polar surface area (TPSA) is 78.9 Å². The van der Waals surface area contributed by atoms with Crippen molar-refractivity contribution in [3.63, 3.8) is 0 Å². The molecule has 0 aliphatic rings. The molecule has 1 unspecified atom stereocenters. The molecule has 0 aliphatic heterocycles. The molecule has 0 rings (SSSR count). The number of esters is 3. The summed E-state index contributed by atoms with van der Waals surface area (Å²) in [6.45, 7) is 6.21. The zero-order valence-electron chi connectivity index (χ0n) is 42.1. The molecule has 0 amide bonds. The minimum atomic E-state index is -0.824. The number of rotatable bonds is 45. The lowest BCUT2D eigenvalue weighted by molar-refractivity contribution is -0.167. The zero-order valence-corrected chi connectivity index (χ0v) is 42.1. The molecule has 0 radical (unpaired) electrons. The van der Waals surface area contributed by atoms with Crippen LogP contribution in [-0.2, 0) is 28.6 Å². The van der Waals surface area contributed by atoms with E-state index in [0.717, 1.165) is 148 Å². The normalized spacial score (nSPS) is 13.2. The first-order valence-corrected chi connectivity index (χ1v) is 26.2. The highest BCUT2D eigenvalue weighted by Crippen LogP contribution is 2.12. The maximum Gasteiger partial charge on any atom is 0.306 e. The third kappa shape index (κ3) is 50.5. The Bertz CT molecular complexity index is 1460. The second-order valence-electron chi connectivity index (χ2n) is 16.6. The Morgan fingerprint density at radius 1 is 0.303 bits per heavy atom. The van der Waals surface area contributed by atoms with E-state index in [0.29, 0.717) is 19.3 Å². The average molecular weight is 911 g/mol. The van der Waals surface area contributed by atoms with Gasteiger partial charge in [0.15, 0.2) is 6.10 Å². The van der Waals surface area contributed by atoms with E-state index in [4.69, 9.17) is 14.2 Å². The van der Waals surface area contributed by atoms with Gasteiger partial charge in [0, 0.05) is 19.3 Å². The number of hydrogen-bond donors (Lipinski definition) is 0. The Labute approximate surface area is 405 Å². The first kappa shape index (κ1) is 61.5. The van der Waals surface area contributed by atoms with Gasteiger partial charge in [0.25, 0.3) is 0 Å². The van der Waals surface area contributed by atoms with Crippen LogP contribution < -0.4 is 0 Å². The van der Waals surface area contributed by atoms with Gasteiger partial charge in [-0.3, -0.25) is 14.4 Å². The van der Waals surface area contributed by atoms with Crippen molar-refractivity contribution in [3.8, 4) is 0 Å². The molecule has 66 heavy (non-hydrogen) atoms. The number of carbonyl (C=O) groups excluding carboxylic acids is 3. The summed E-state index contributed by atoms with van der Waals surface area (Å²) in [6, 6.07) is 0. The summed E-state index contributed by atoms with van der Waals surface area (Å²) in [7, 11) is 0. The van der Waals surface area contributed by atoms with E-state index in [1.165, 1.54) is 12.8 Å². The van der Waals surface area contributed by atoms with E-state index in [1.54, 1.807) is 0 Å². The Balaban J connectivity index is 4.52. The van der Waals surface area contributed by atoms with Gasteiger partial charge in [-0.2, -0.15) is 0 Å². The molecule has 0 saturated carbocycles. The predicted molar refractivity (Wildman–Crippen MR) is 283 cm³/mol. The van der Waals surface area contributed by atoms with Crippen LogP contribution in [0.4, 0.5) is 0 Å². The van der Waals surface area contributed by atoms with Gasteiger partial charge < -0.3 is 14.2 Å². The molecule has 0 bridgehead atoms. The number of carbonyl (C=O) groups is 3. The average Bonchev–Trinajstić information content (AvgIpc) is 3.31. The van der Waals surface area contributed by atoms with Crippen molar-refractivity contribution >= 4 is 17.9 Å². The molecule has 0 aliphatic carbocycles. The van der Waals surface area contributed by atoms with Crippen molar-refractivity contribution < 1.29 is 28.6 Å². The molecule has 0 heterocycles. The first-order chi connectivity index (χ1) is 32.5. The van der Waals surface area contributed by atoms with Gasteiger partial charge in [0.1, 0.15) is 13.2 Å². The lowest BCUT2D eigenvalue weighted by atomic mass is 10.1. The summed E-state index contributed by atoms with van der Waals surface area (Å²) >= 11 is 0. The van der Waals surface area contributed by atoms with Crippen LogP contribution in [-0.4, -0.2) is 37.2 Å². The van der Waals surface area contributed by atoms with Gasteiger partial charge in [-0.15, -0.1) is 0 Å². The molecule has 0 aromatic rings. The van der Waals surface area contributed by atoms with Crippen molar-refractivity contribution in [2.75, 3.05) is 13.2 Å². The van der Waals surface area contributed by atoms with Crippen LogP contribution in [0.3, 0.4) is 0 Å². The highest BCUT2D eigenvalue weighted by atomic mass is 16.6. The van der Waals surface area contributed by atoms with E-state index < -0.39 is 6.10 Å². The van der Waals surface area contributed by atoms with E-state index >= 15 is 0 Å². The lowest BCUT2D eigenvalue weighted by Crippen LogP contribution is -2.30. The Morgan fingerprint density at radius 3 is 0.894 bits per heavy atom.